The maximum Gasteiger partial charge on any atom is 0.246 e. The number of carbonyl (C=O) groups excluding carboxylic acids is 1. The summed E-state index contributed by atoms with van der Waals surface area (Å²) in [4.78, 5) is 23.0. The molecule has 138 valence electrons. The second-order valence-corrected chi connectivity index (χ2v) is 7.31. The lowest BCUT2D eigenvalue weighted by Gasteiger charge is -2.33. The van der Waals surface area contributed by atoms with E-state index in [2.05, 4.69) is 25.8 Å². The van der Waals surface area contributed by atoms with Crippen LogP contribution in [0.25, 0.3) is 11.5 Å². The van der Waals surface area contributed by atoms with E-state index in [0.29, 0.717) is 24.0 Å². The molecule has 0 aliphatic carbocycles. The Morgan fingerprint density at radius 2 is 2.23 bits per heavy atom. The fourth-order valence-electron chi connectivity index (χ4n) is 3.89. The van der Waals surface area contributed by atoms with Gasteiger partial charge in [-0.1, -0.05) is 11.2 Å². The average Bonchev–Trinajstić information content (AvgIpc) is 3.30. The number of rotatable bonds is 4. The quantitative estimate of drug-likeness (QED) is 0.837. The summed E-state index contributed by atoms with van der Waals surface area (Å²) in [6.45, 7) is 3.29. The Balaban J connectivity index is 1.37. The number of aromatic nitrogens is 3. The van der Waals surface area contributed by atoms with Gasteiger partial charge in [-0.15, -0.1) is 0 Å². The van der Waals surface area contributed by atoms with Crippen LogP contribution in [0.3, 0.4) is 0 Å². The van der Waals surface area contributed by atoms with E-state index in [-0.39, 0.29) is 17.4 Å². The molecule has 1 amide bonds. The predicted molar refractivity (Wildman–Crippen MR) is 94.9 cm³/mol. The van der Waals surface area contributed by atoms with Crippen molar-refractivity contribution in [1.29, 1.82) is 0 Å². The van der Waals surface area contributed by atoms with Gasteiger partial charge in [-0.25, -0.2) is 0 Å². The van der Waals surface area contributed by atoms with Gasteiger partial charge in [0.1, 0.15) is 5.69 Å². The van der Waals surface area contributed by atoms with Gasteiger partial charge >= 0.3 is 0 Å². The van der Waals surface area contributed by atoms with Crippen LogP contribution in [0.2, 0.25) is 0 Å². The highest BCUT2D eigenvalue weighted by atomic mass is 16.5. The summed E-state index contributed by atoms with van der Waals surface area (Å²) in [6, 6.07) is 5.40. The van der Waals surface area contributed by atoms with Gasteiger partial charge in [-0.05, 0) is 49.9 Å². The van der Waals surface area contributed by atoms with Gasteiger partial charge in [0.25, 0.3) is 0 Å². The van der Waals surface area contributed by atoms with Crippen molar-refractivity contribution in [3.8, 4) is 11.5 Å². The molecule has 2 aliphatic heterocycles. The first-order valence-corrected chi connectivity index (χ1v) is 9.08. The summed E-state index contributed by atoms with van der Waals surface area (Å²) >= 11 is 0. The third-order valence-corrected chi connectivity index (χ3v) is 5.43. The summed E-state index contributed by atoms with van der Waals surface area (Å²) in [5.41, 5.74) is 0.921. The zero-order valence-corrected chi connectivity index (χ0v) is 14.9. The fraction of sp³-hybridized carbons (Fsp3) is 0.556. The van der Waals surface area contributed by atoms with Crippen molar-refractivity contribution in [3.63, 3.8) is 0 Å². The van der Waals surface area contributed by atoms with Crippen molar-refractivity contribution >= 4 is 5.91 Å². The molecule has 0 aromatic carbocycles. The van der Waals surface area contributed by atoms with Gasteiger partial charge in [0, 0.05) is 19.8 Å². The van der Waals surface area contributed by atoms with Gasteiger partial charge in [-0.3, -0.25) is 9.78 Å². The van der Waals surface area contributed by atoms with Crippen molar-refractivity contribution in [2.45, 2.75) is 31.8 Å². The molecule has 8 heteroatoms. The predicted octanol–water partition coefficient (Wildman–Crippen LogP) is 0.822. The van der Waals surface area contributed by atoms with Crippen LogP contribution in [0, 0.1) is 5.41 Å². The van der Waals surface area contributed by atoms with Crippen LogP contribution in [0.15, 0.2) is 28.9 Å². The SMILES string of the molecule is CN(Cc1nc(-c2ccccn2)no1)C(=O)C1CC2(CCNCC2)CN1. The molecule has 1 atom stereocenters. The van der Waals surface area contributed by atoms with Crippen molar-refractivity contribution < 1.29 is 9.32 Å². The molecule has 26 heavy (non-hydrogen) atoms. The van der Waals surface area contributed by atoms with Gasteiger partial charge in [0.05, 0.1) is 12.6 Å². The van der Waals surface area contributed by atoms with Crippen molar-refractivity contribution in [1.82, 2.24) is 30.7 Å². The third kappa shape index (κ3) is 3.47. The monoisotopic (exact) mass is 356 g/mol. The number of carbonyl (C=O) groups is 1. The van der Waals surface area contributed by atoms with Crippen molar-refractivity contribution in [3.05, 3.63) is 30.3 Å². The van der Waals surface area contributed by atoms with E-state index in [4.69, 9.17) is 4.52 Å². The highest BCUT2D eigenvalue weighted by Gasteiger charge is 2.42. The van der Waals surface area contributed by atoms with Gasteiger partial charge < -0.3 is 20.1 Å². The van der Waals surface area contributed by atoms with E-state index in [1.54, 1.807) is 18.1 Å². The van der Waals surface area contributed by atoms with Crippen LogP contribution < -0.4 is 10.6 Å². The Bertz CT molecular complexity index is 756. The standard InChI is InChI=1S/C18H24N6O2/c1-24(11-15-22-16(23-26-15)13-4-2-3-7-20-13)17(25)14-10-18(12-21-14)5-8-19-9-6-18/h2-4,7,14,19,21H,5-6,8-12H2,1H3. The first kappa shape index (κ1) is 17.1. The first-order chi connectivity index (χ1) is 12.7. The van der Waals surface area contributed by atoms with Crippen LogP contribution in [0.5, 0.6) is 0 Å². The number of amides is 1. The van der Waals surface area contributed by atoms with E-state index in [9.17, 15) is 4.79 Å². The molecule has 0 bridgehead atoms. The van der Waals surface area contributed by atoms with Crippen LogP contribution in [0.4, 0.5) is 0 Å². The highest BCUT2D eigenvalue weighted by molar-refractivity contribution is 5.82. The van der Waals surface area contributed by atoms with Gasteiger partial charge in [0.15, 0.2) is 0 Å². The van der Waals surface area contributed by atoms with E-state index in [1.807, 2.05) is 18.2 Å². The minimum Gasteiger partial charge on any atom is -0.337 e. The van der Waals surface area contributed by atoms with Crippen molar-refractivity contribution in [2.75, 3.05) is 26.7 Å². The molecule has 2 aliphatic rings. The molecule has 4 rings (SSSR count). The van der Waals surface area contributed by atoms with Crippen LogP contribution >= 0.6 is 0 Å². The molecule has 2 aromatic rings. The lowest BCUT2D eigenvalue weighted by Crippen LogP contribution is -2.41. The molecule has 0 radical (unpaired) electrons. The number of piperidine rings is 1. The lowest BCUT2D eigenvalue weighted by molar-refractivity contribution is -0.132. The molecule has 0 saturated carbocycles. The number of pyridine rings is 1. The Labute approximate surface area is 152 Å². The van der Waals surface area contributed by atoms with Gasteiger partial charge in [0.2, 0.25) is 17.6 Å². The van der Waals surface area contributed by atoms with Gasteiger partial charge in [-0.2, -0.15) is 4.98 Å². The maximum atomic E-state index is 12.8. The Morgan fingerprint density at radius 3 is 3.00 bits per heavy atom. The molecule has 2 fully saturated rings. The summed E-state index contributed by atoms with van der Waals surface area (Å²) in [7, 11) is 1.78. The molecule has 2 aromatic heterocycles. The average molecular weight is 356 g/mol. The zero-order chi connectivity index (χ0) is 18.0. The molecule has 2 N–H and O–H groups in total. The smallest absolute Gasteiger partial charge is 0.246 e. The number of likely N-dealkylation sites (N-methyl/N-ethyl adjacent to an activating group) is 1. The molecule has 4 heterocycles. The van der Waals surface area contributed by atoms with Crippen LogP contribution in [0.1, 0.15) is 25.2 Å². The number of hydrogen-bond donors (Lipinski definition) is 2. The summed E-state index contributed by atoms with van der Waals surface area (Å²) in [5, 5.41) is 10.8. The normalized spacial score (nSPS) is 21.8. The Hall–Kier alpha value is -2.32. The minimum atomic E-state index is -0.128. The topological polar surface area (TPSA) is 96.2 Å². The highest BCUT2D eigenvalue weighted by Crippen LogP contribution is 2.37. The molecular weight excluding hydrogens is 332 g/mol. The first-order valence-electron chi connectivity index (χ1n) is 9.08. The lowest BCUT2D eigenvalue weighted by atomic mass is 9.77. The van der Waals surface area contributed by atoms with E-state index < -0.39 is 0 Å². The molecule has 2 saturated heterocycles. The molecular formula is C18H24N6O2. The summed E-state index contributed by atoms with van der Waals surface area (Å²) < 4.78 is 5.29. The van der Waals surface area contributed by atoms with E-state index in [1.165, 1.54) is 0 Å². The van der Waals surface area contributed by atoms with Crippen LogP contribution in [-0.4, -0.2) is 58.7 Å². The van der Waals surface area contributed by atoms with E-state index >= 15 is 0 Å². The summed E-state index contributed by atoms with van der Waals surface area (Å²) in [6.07, 6.45) is 4.85. The molecule has 1 unspecified atom stereocenters. The Morgan fingerprint density at radius 1 is 1.38 bits per heavy atom. The second-order valence-electron chi connectivity index (χ2n) is 7.31. The van der Waals surface area contributed by atoms with E-state index in [0.717, 1.165) is 38.9 Å². The number of hydrogen-bond acceptors (Lipinski definition) is 7. The number of nitrogens with zero attached hydrogens (tertiary/aromatic N) is 4. The summed E-state index contributed by atoms with van der Waals surface area (Å²) in [5.74, 6) is 0.933. The third-order valence-electron chi connectivity index (χ3n) is 5.43. The fourth-order valence-corrected chi connectivity index (χ4v) is 3.89. The molecule has 1 spiro atoms. The Kier molecular flexibility index (Phi) is 4.69. The molecule has 8 nitrogen and oxygen atoms in total. The minimum absolute atomic E-state index is 0.0815. The van der Waals surface area contributed by atoms with Crippen LogP contribution in [-0.2, 0) is 11.3 Å². The number of nitrogens with one attached hydrogen (secondary N) is 2. The zero-order valence-electron chi connectivity index (χ0n) is 14.9. The maximum absolute atomic E-state index is 12.8. The van der Waals surface area contributed by atoms with Crippen molar-refractivity contribution in [2.24, 2.45) is 5.41 Å². The largest absolute Gasteiger partial charge is 0.337 e. The second kappa shape index (κ2) is 7.13.